The molecule has 0 radical (unpaired) electrons. The van der Waals surface area contributed by atoms with E-state index in [1.165, 1.54) is 14.2 Å². The van der Waals surface area contributed by atoms with Crippen molar-refractivity contribution >= 4 is 32.7 Å². The SMILES string of the molecule is COc1nc2cc(Br)c(C)c(N=[N+]=[N-])c2nc1OC. The first kappa shape index (κ1) is 13.4. The number of halogens is 1. The summed E-state index contributed by atoms with van der Waals surface area (Å²) in [6.07, 6.45) is 0. The molecule has 0 atom stereocenters. The van der Waals surface area contributed by atoms with Gasteiger partial charge in [-0.25, -0.2) is 9.97 Å². The van der Waals surface area contributed by atoms with Gasteiger partial charge in [0.2, 0.25) is 0 Å². The third-order valence-electron chi connectivity index (χ3n) is 2.59. The second-order valence-electron chi connectivity index (χ2n) is 3.63. The molecule has 2 rings (SSSR count). The number of benzene rings is 1. The largest absolute Gasteiger partial charge is 0.477 e. The van der Waals surface area contributed by atoms with Gasteiger partial charge < -0.3 is 9.47 Å². The first-order valence-corrected chi connectivity index (χ1v) is 6.05. The number of azide groups is 1. The van der Waals surface area contributed by atoms with E-state index in [4.69, 9.17) is 15.0 Å². The van der Waals surface area contributed by atoms with Gasteiger partial charge in [0.1, 0.15) is 5.52 Å². The molecule has 98 valence electrons. The van der Waals surface area contributed by atoms with Crippen molar-refractivity contribution in [1.82, 2.24) is 9.97 Å². The highest BCUT2D eigenvalue weighted by Gasteiger charge is 2.15. The predicted molar refractivity (Wildman–Crippen MR) is 73.9 cm³/mol. The Hall–Kier alpha value is -2.05. The Balaban J connectivity index is 2.91. The summed E-state index contributed by atoms with van der Waals surface area (Å²) in [6.45, 7) is 1.83. The zero-order chi connectivity index (χ0) is 14.0. The van der Waals surface area contributed by atoms with Gasteiger partial charge in [0.15, 0.2) is 0 Å². The highest BCUT2D eigenvalue weighted by atomic mass is 79.9. The van der Waals surface area contributed by atoms with E-state index in [9.17, 15) is 0 Å². The van der Waals surface area contributed by atoms with Crippen molar-refractivity contribution < 1.29 is 9.47 Å². The summed E-state index contributed by atoms with van der Waals surface area (Å²) in [7, 11) is 2.95. The average Bonchev–Trinajstić information content (AvgIpc) is 2.42. The molecular weight excluding hydrogens is 314 g/mol. The van der Waals surface area contributed by atoms with Crippen LogP contribution in [-0.4, -0.2) is 24.2 Å². The van der Waals surface area contributed by atoms with Crippen LogP contribution in [0.2, 0.25) is 0 Å². The minimum absolute atomic E-state index is 0.242. The number of hydrogen-bond acceptors (Lipinski definition) is 5. The summed E-state index contributed by atoms with van der Waals surface area (Å²) >= 11 is 3.40. The Bertz CT molecular complexity index is 697. The molecule has 0 aliphatic rings. The van der Waals surface area contributed by atoms with E-state index in [-0.39, 0.29) is 11.8 Å². The van der Waals surface area contributed by atoms with Crippen LogP contribution in [0.25, 0.3) is 21.5 Å². The van der Waals surface area contributed by atoms with E-state index in [1.54, 1.807) is 6.07 Å². The highest BCUT2D eigenvalue weighted by Crippen LogP contribution is 2.36. The Morgan fingerprint density at radius 1 is 1.26 bits per heavy atom. The molecule has 1 aromatic carbocycles. The van der Waals surface area contributed by atoms with E-state index in [1.807, 2.05) is 6.92 Å². The molecule has 0 amide bonds. The summed E-state index contributed by atoms with van der Waals surface area (Å²) < 4.78 is 11.0. The smallest absolute Gasteiger partial charge is 0.278 e. The number of rotatable bonds is 3. The lowest BCUT2D eigenvalue weighted by molar-refractivity contribution is 0.334. The molecule has 0 bridgehead atoms. The van der Waals surface area contributed by atoms with Crippen molar-refractivity contribution in [3.05, 3.63) is 26.5 Å². The van der Waals surface area contributed by atoms with Crippen molar-refractivity contribution in [1.29, 1.82) is 0 Å². The summed E-state index contributed by atoms with van der Waals surface area (Å²) in [5.41, 5.74) is 10.9. The van der Waals surface area contributed by atoms with Crippen molar-refractivity contribution in [2.75, 3.05) is 14.2 Å². The lowest BCUT2D eigenvalue weighted by atomic mass is 10.1. The molecule has 0 unspecified atom stereocenters. The minimum Gasteiger partial charge on any atom is -0.477 e. The number of aromatic nitrogens is 2. The minimum atomic E-state index is 0.242. The van der Waals surface area contributed by atoms with E-state index < -0.39 is 0 Å². The molecule has 0 spiro atoms. The van der Waals surface area contributed by atoms with Gasteiger partial charge in [0.05, 0.1) is 25.4 Å². The average molecular weight is 324 g/mol. The number of fused-ring (bicyclic) bond motifs is 1. The molecule has 0 N–H and O–H groups in total. The Kier molecular flexibility index (Phi) is 3.73. The molecule has 7 nitrogen and oxygen atoms in total. The topological polar surface area (TPSA) is 93.0 Å². The van der Waals surface area contributed by atoms with Crippen LogP contribution < -0.4 is 9.47 Å². The molecule has 0 aliphatic heterocycles. The van der Waals surface area contributed by atoms with Crippen molar-refractivity contribution in [3.8, 4) is 11.8 Å². The molecule has 2 aromatic rings. The van der Waals surface area contributed by atoms with E-state index in [0.717, 1.165) is 10.0 Å². The molecule has 0 aliphatic carbocycles. The first-order valence-electron chi connectivity index (χ1n) is 5.26. The maximum atomic E-state index is 8.66. The Labute approximate surface area is 117 Å². The van der Waals surface area contributed by atoms with Crippen LogP contribution in [0.4, 0.5) is 5.69 Å². The summed E-state index contributed by atoms with van der Waals surface area (Å²) in [4.78, 5) is 11.4. The van der Waals surface area contributed by atoms with Crippen molar-refractivity contribution in [2.45, 2.75) is 6.92 Å². The number of methoxy groups -OCH3 is 2. The molecule has 19 heavy (non-hydrogen) atoms. The second-order valence-corrected chi connectivity index (χ2v) is 4.49. The summed E-state index contributed by atoms with van der Waals surface area (Å²) in [6, 6.07) is 1.79. The van der Waals surface area contributed by atoms with Crippen LogP contribution in [-0.2, 0) is 0 Å². The van der Waals surface area contributed by atoms with Gasteiger partial charge >= 0.3 is 0 Å². The molecule has 1 aromatic heterocycles. The Morgan fingerprint density at radius 2 is 1.89 bits per heavy atom. The number of nitrogens with zero attached hydrogens (tertiary/aromatic N) is 5. The van der Waals surface area contributed by atoms with Gasteiger partial charge in [0, 0.05) is 9.38 Å². The molecule has 0 fully saturated rings. The molecule has 1 heterocycles. The fraction of sp³-hybridized carbons (Fsp3) is 0.273. The molecule has 8 heteroatoms. The van der Waals surface area contributed by atoms with Crippen LogP contribution in [0.15, 0.2) is 15.7 Å². The summed E-state index contributed by atoms with van der Waals surface area (Å²) in [5.74, 6) is 0.517. The van der Waals surface area contributed by atoms with Crippen molar-refractivity contribution in [3.63, 3.8) is 0 Å². The van der Waals surface area contributed by atoms with E-state index >= 15 is 0 Å². The zero-order valence-electron chi connectivity index (χ0n) is 10.5. The number of hydrogen-bond donors (Lipinski definition) is 0. The van der Waals surface area contributed by atoms with Gasteiger partial charge in [0.25, 0.3) is 11.8 Å². The third kappa shape index (κ3) is 2.27. The zero-order valence-corrected chi connectivity index (χ0v) is 12.1. The Morgan fingerprint density at radius 3 is 2.47 bits per heavy atom. The van der Waals surface area contributed by atoms with Crippen LogP contribution in [0.3, 0.4) is 0 Å². The lowest BCUT2D eigenvalue weighted by Crippen LogP contribution is -1.98. The lowest BCUT2D eigenvalue weighted by Gasteiger charge is -2.10. The third-order valence-corrected chi connectivity index (χ3v) is 3.42. The monoisotopic (exact) mass is 323 g/mol. The highest BCUT2D eigenvalue weighted by molar-refractivity contribution is 9.10. The van der Waals surface area contributed by atoms with Gasteiger partial charge in [-0.3, -0.25) is 0 Å². The van der Waals surface area contributed by atoms with E-state index in [0.29, 0.717) is 16.7 Å². The first-order chi connectivity index (χ1) is 9.12. The van der Waals surface area contributed by atoms with E-state index in [2.05, 4.69) is 35.9 Å². The summed E-state index contributed by atoms with van der Waals surface area (Å²) in [5, 5.41) is 3.68. The molecule has 0 saturated heterocycles. The van der Waals surface area contributed by atoms with Gasteiger partial charge in [-0.05, 0) is 24.1 Å². The second kappa shape index (κ2) is 5.29. The van der Waals surface area contributed by atoms with Crippen molar-refractivity contribution in [2.24, 2.45) is 5.11 Å². The molecule has 0 saturated carbocycles. The van der Waals surface area contributed by atoms with Crippen LogP contribution in [0.1, 0.15) is 5.56 Å². The fourth-order valence-corrected chi connectivity index (χ4v) is 2.05. The predicted octanol–water partition coefficient (Wildman–Crippen LogP) is 3.66. The van der Waals surface area contributed by atoms with Gasteiger partial charge in [-0.15, -0.1) is 0 Å². The normalized spacial score (nSPS) is 10.1. The number of ether oxygens (including phenoxy) is 2. The maximum absolute atomic E-state index is 8.66. The van der Waals surface area contributed by atoms with Crippen LogP contribution >= 0.6 is 15.9 Å². The fourth-order valence-electron chi connectivity index (χ4n) is 1.64. The van der Waals surface area contributed by atoms with Crippen LogP contribution in [0.5, 0.6) is 11.8 Å². The standard InChI is InChI=1S/C11H10BrN5O2/c1-5-6(12)4-7-9(8(5)16-17-13)15-11(19-3)10(14-7)18-2/h4H,1-3H3. The quantitative estimate of drug-likeness (QED) is 0.489. The molecular formula is C11H10BrN5O2. The van der Waals surface area contributed by atoms with Gasteiger partial charge in [-0.1, -0.05) is 21.0 Å². The van der Waals surface area contributed by atoms with Gasteiger partial charge in [-0.2, -0.15) is 0 Å². The van der Waals surface area contributed by atoms with Crippen LogP contribution in [0, 0.1) is 6.92 Å². The maximum Gasteiger partial charge on any atom is 0.278 e.